The molecule has 0 saturated carbocycles. The summed E-state index contributed by atoms with van der Waals surface area (Å²) in [5.41, 5.74) is 5.74. The molecule has 12 heteroatoms. The fourth-order valence-corrected chi connectivity index (χ4v) is 4.68. The molecule has 6 rings (SSSR count). The van der Waals surface area contributed by atoms with Crippen LogP contribution in [0.3, 0.4) is 0 Å². The maximum Gasteiger partial charge on any atom is 0.408 e. The van der Waals surface area contributed by atoms with Crippen LogP contribution in [-0.4, -0.2) is 44.2 Å². The monoisotopic (exact) mass is 506 g/mol. The average Bonchev–Trinajstić information content (AvgIpc) is 3.61. The molecule has 0 fully saturated rings. The first kappa shape index (κ1) is 22.8. The number of nitrogens with zero attached hydrogens (tertiary/aromatic N) is 8. The molecule has 2 aromatic carbocycles. The minimum atomic E-state index is -4.35. The van der Waals surface area contributed by atoms with Gasteiger partial charge in [-0.15, -0.1) is 0 Å². The van der Waals surface area contributed by atoms with Gasteiger partial charge < -0.3 is 4.57 Å². The lowest BCUT2D eigenvalue weighted by molar-refractivity contribution is -0.142. The standard InChI is InChI=1S/C25H21F3N8O/c1-32-14-29-11-22(32)23-31-18-8-15(16-10-30-35(12-16)13-25(26,27)28)4-6-19(18)36(23)17-5-7-20-21(9-17)34(3)24(37)33(20)2/h4-12,14H,13H2,1-3H3. The van der Waals surface area contributed by atoms with E-state index in [0.717, 1.165) is 32.6 Å². The molecule has 4 heterocycles. The fraction of sp³-hybridized carbons (Fsp3) is 0.200. The summed E-state index contributed by atoms with van der Waals surface area (Å²) in [6, 6.07) is 11.3. The zero-order valence-corrected chi connectivity index (χ0v) is 20.1. The number of aryl methyl sites for hydroxylation is 3. The Balaban J connectivity index is 1.54. The number of benzene rings is 2. The second-order valence-corrected chi connectivity index (χ2v) is 8.98. The van der Waals surface area contributed by atoms with Crippen molar-refractivity contribution in [3.8, 4) is 28.3 Å². The van der Waals surface area contributed by atoms with Gasteiger partial charge in [-0.3, -0.25) is 18.4 Å². The summed E-state index contributed by atoms with van der Waals surface area (Å²) >= 11 is 0. The summed E-state index contributed by atoms with van der Waals surface area (Å²) in [6.45, 7) is -1.15. The Morgan fingerprint density at radius 3 is 2.38 bits per heavy atom. The first-order chi connectivity index (χ1) is 17.6. The lowest BCUT2D eigenvalue weighted by atomic mass is 10.1. The number of hydrogen-bond donors (Lipinski definition) is 0. The van der Waals surface area contributed by atoms with E-state index in [2.05, 4.69) is 10.1 Å². The van der Waals surface area contributed by atoms with Crippen molar-refractivity contribution < 1.29 is 13.2 Å². The van der Waals surface area contributed by atoms with Crippen LogP contribution in [-0.2, 0) is 27.7 Å². The quantitative estimate of drug-likeness (QED) is 0.362. The molecule has 0 aliphatic rings. The van der Waals surface area contributed by atoms with E-state index in [9.17, 15) is 18.0 Å². The van der Waals surface area contributed by atoms with Gasteiger partial charge in [-0.2, -0.15) is 18.3 Å². The van der Waals surface area contributed by atoms with Crippen LogP contribution in [0.15, 0.2) is 66.1 Å². The highest BCUT2D eigenvalue weighted by molar-refractivity contribution is 5.88. The average molecular weight is 506 g/mol. The number of rotatable bonds is 4. The smallest absolute Gasteiger partial charge is 0.331 e. The van der Waals surface area contributed by atoms with Crippen LogP contribution in [0.25, 0.3) is 50.4 Å². The Morgan fingerprint density at radius 2 is 1.65 bits per heavy atom. The predicted octanol–water partition coefficient (Wildman–Crippen LogP) is 4.04. The van der Waals surface area contributed by atoms with Crippen LogP contribution in [0, 0.1) is 0 Å². The molecule has 0 atom stereocenters. The van der Waals surface area contributed by atoms with Crippen molar-refractivity contribution in [2.24, 2.45) is 21.1 Å². The molecule has 4 aromatic heterocycles. The molecular formula is C25H21F3N8O. The van der Waals surface area contributed by atoms with Crippen LogP contribution < -0.4 is 5.69 Å². The summed E-state index contributed by atoms with van der Waals surface area (Å²) in [4.78, 5) is 21.6. The molecule has 0 amide bonds. The van der Waals surface area contributed by atoms with Crippen molar-refractivity contribution in [1.29, 1.82) is 0 Å². The van der Waals surface area contributed by atoms with Gasteiger partial charge in [0.15, 0.2) is 5.82 Å². The summed E-state index contributed by atoms with van der Waals surface area (Å²) in [5, 5.41) is 3.86. The molecular weight excluding hydrogens is 485 g/mol. The van der Waals surface area contributed by atoms with E-state index in [1.54, 1.807) is 35.8 Å². The number of imidazole rings is 3. The van der Waals surface area contributed by atoms with Crippen LogP contribution in [0.1, 0.15) is 0 Å². The van der Waals surface area contributed by atoms with E-state index >= 15 is 0 Å². The van der Waals surface area contributed by atoms with E-state index in [4.69, 9.17) is 4.98 Å². The lowest BCUT2D eigenvalue weighted by Gasteiger charge is -2.11. The molecule has 0 aliphatic heterocycles. The Hall–Kier alpha value is -4.61. The second kappa shape index (κ2) is 7.95. The van der Waals surface area contributed by atoms with Crippen LogP contribution in [0.5, 0.6) is 0 Å². The normalized spacial score (nSPS) is 12.3. The minimum Gasteiger partial charge on any atom is -0.331 e. The molecule has 0 unspecified atom stereocenters. The molecule has 0 bridgehead atoms. The maximum absolute atomic E-state index is 12.8. The second-order valence-electron chi connectivity index (χ2n) is 8.98. The largest absolute Gasteiger partial charge is 0.408 e. The van der Waals surface area contributed by atoms with Gasteiger partial charge in [-0.05, 0) is 35.9 Å². The minimum absolute atomic E-state index is 0.120. The number of halogens is 3. The van der Waals surface area contributed by atoms with Crippen molar-refractivity contribution in [3.05, 3.63) is 71.8 Å². The molecule has 0 spiro atoms. The number of aromatic nitrogens is 8. The van der Waals surface area contributed by atoms with Crippen molar-refractivity contribution in [2.75, 3.05) is 0 Å². The Kier molecular flexibility index (Phi) is 4.90. The Morgan fingerprint density at radius 1 is 0.892 bits per heavy atom. The van der Waals surface area contributed by atoms with Gasteiger partial charge in [-0.25, -0.2) is 14.8 Å². The third-order valence-corrected chi connectivity index (χ3v) is 6.52. The topological polar surface area (TPSA) is 80.4 Å². The van der Waals surface area contributed by atoms with Gasteiger partial charge in [0.2, 0.25) is 0 Å². The molecule has 6 aromatic rings. The van der Waals surface area contributed by atoms with Crippen LogP contribution >= 0.6 is 0 Å². The highest BCUT2D eigenvalue weighted by Crippen LogP contribution is 2.32. The highest BCUT2D eigenvalue weighted by Gasteiger charge is 2.28. The van der Waals surface area contributed by atoms with Gasteiger partial charge in [0.25, 0.3) is 0 Å². The predicted molar refractivity (Wildman–Crippen MR) is 132 cm³/mol. The van der Waals surface area contributed by atoms with Crippen LogP contribution in [0.2, 0.25) is 0 Å². The van der Waals surface area contributed by atoms with E-state index in [-0.39, 0.29) is 5.69 Å². The molecule has 0 radical (unpaired) electrons. The van der Waals surface area contributed by atoms with Gasteiger partial charge >= 0.3 is 11.9 Å². The lowest BCUT2D eigenvalue weighted by Crippen LogP contribution is -2.19. The molecule has 37 heavy (non-hydrogen) atoms. The summed E-state index contributed by atoms with van der Waals surface area (Å²) < 4.78 is 46.3. The summed E-state index contributed by atoms with van der Waals surface area (Å²) in [7, 11) is 5.33. The third kappa shape index (κ3) is 3.72. The van der Waals surface area contributed by atoms with Gasteiger partial charge in [0.05, 0.1) is 40.8 Å². The summed E-state index contributed by atoms with van der Waals surface area (Å²) in [6.07, 6.45) is 1.83. The van der Waals surface area contributed by atoms with E-state index in [1.165, 1.54) is 12.4 Å². The zero-order chi connectivity index (χ0) is 26.1. The molecule has 0 saturated heterocycles. The zero-order valence-electron chi connectivity index (χ0n) is 20.1. The number of hydrogen-bond acceptors (Lipinski definition) is 4. The number of fused-ring (bicyclic) bond motifs is 2. The van der Waals surface area contributed by atoms with E-state index in [0.29, 0.717) is 22.5 Å². The van der Waals surface area contributed by atoms with E-state index < -0.39 is 12.7 Å². The van der Waals surface area contributed by atoms with Crippen molar-refractivity contribution in [3.63, 3.8) is 0 Å². The van der Waals surface area contributed by atoms with E-state index in [1.807, 2.05) is 52.6 Å². The maximum atomic E-state index is 12.8. The van der Waals surface area contributed by atoms with Crippen molar-refractivity contribution in [2.45, 2.75) is 12.7 Å². The Labute approximate surface area is 207 Å². The molecule has 0 aliphatic carbocycles. The first-order valence-electron chi connectivity index (χ1n) is 11.4. The third-order valence-electron chi connectivity index (χ3n) is 6.52. The van der Waals surface area contributed by atoms with Gasteiger partial charge in [-0.1, -0.05) is 6.07 Å². The SMILES string of the molecule is Cn1cncc1-c1nc2cc(-c3cnn(CC(F)(F)F)c3)ccc2n1-c1ccc2c(c1)n(C)c(=O)n2C. The highest BCUT2D eigenvalue weighted by atomic mass is 19.4. The van der Waals surface area contributed by atoms with Crippen LogP contribution in [0.4, 0.5) is 13.2 Å². The summed E-state index contributed by atoms with van der Waals surface area (Å²) in [5.74, 6) is 0.639. The molecule has 9 nitrogen and oxygen atoms in total. The number of alkyl halides is 3. The molecule has 0 N–H and O–H groups in total. The first-order valence-corrected chi connectivity index (χ1v) is 11.4. The van der Waals surface area contributed by atoms with Gasteiger partial charge in [0, 0.05) is 38.6 Å². The fourth-order valence-electron chi connectivity index (χ4n) is 4.68. The Bertz CT molecular complexity index is 1860. The molecule has 188 valence electrons. The van der Waals surface area contributed by atoms with Crippen molar-refractivity contribution in [1.82, 2.24) is 38.0 Å². The van der Waals surface area contributed by atoms with Crippen molar-refractivity contribution >= 4 is 22.1 Å². The van der Waals surface area contributed by atoms with Gasteiger partial charge in [0.1, 0.15) is 12.2 Å².